The van der Waals surface area contributed by atoms with E-state index in [0.717, 1.165) is 44.1 Å². The lowest BCUT2D eigenvalue weighted by molar-refractivity contribution is -0.136. The van der Waals surface area contributed by atoms with Gasteiger partial charge in [-0.05, 0) is 63.6 Å². The van der Waals surface area contributed by atoms with Crippen molar-refractivity contribution in [2.45, 2.75) is 76.9 Å². The molecule has 0 bridgehead atoms. The number of hydrogen-bond acceptors (Lipinski definition) is 2. The number of rotatable bonds is 4. The van der Waals surface area contributed by atoms with Crippen molar-refractivity contribution >= 4 is 5.91 Å². The van der Waals surface area contributed by atoms with Gasteiger partial charge in [0.15, 0.2) is 0 Å². The van der Waals surface area contributed by atoms with Crippen LogP contribution in [0.5, 0.6) is 0 Å². The molecule has 1 saturated carbocycles. The topological polar surface area (TPSA) is 38.3 Å². The van der Waals surface area contributed by atoms with Gasteiger partial charge in [0.2, 0.25) is 5.91 Å². The van der Waals surface area contributed by atoms with Crippen molar-refractivity contribution in [2.24, 2.45) is 5.41 Å². The molecule has 0 radical (unpaired) electrons. The van der Waals surface area contributed by atoms with Crippen molar-refractivity contribution in [2.75, 3.05) is 6.61 Å². The van der Waals surface area contributed by atoms with E-state index < -0.39 is 5.41 Å². The van der Waals surface area contributed by atoms with Gasteiger partial charge in [0, 0.05) is 12.6 Å². The Bertz CT molecular complexity index is 608. The van der Waals surface area contributed by atoms with Crippen LogP contribution in [-0.4, -0.2) is 24.2 Å². The highest BCUT2D eigenvalue weighted by Gasteiger charge is 2.41. The lowest BCUT2D eigenvalue weighted by Crippen LogP contribution is -2.51. The molecule has 138 valence electrons. The normalized spacial score (nSPS) is 25.3. The molecule has 4 heteroatoms. The fourth-order valence-corrected chi connectivity index (χ4v) is 4.44. The summed E-state index contributed by atoms with van der Waals surface area (Å²) >= 11 is 0. The van der Waals surface area contributed by atoms with Crippen molar-refractivity contribution in [1.82, 2.24) is 5.32 Å². The molecule has 1 saturated heterocycles. The molecule has 1 aliphatic heterocycles. The van der Waals surface area contributed by atoms with Gasteiger partial charge in [-0.2, -0.15) is 0 Å². The van der Waals surface area contributed by atoms with Gasteiger partial charge in [0.05, 0.1) is 11.0 Å². The fraction of sp³-hybridized carbons (Fsp3) is 0.667. The molecule has 1 aromatic rings. The summed E-state index contributed by atoms with van der Waals surface area (Å²) in [5.74, 6) is -0.0748. The Kier molecular flexibility index (Phi) is 5.47. The van der Waals surface area contributed by atoms with E-state index in [9.17, 15) is 9.18 Å². The van der Waals surface area contributed by atoms with Crippen LogP contribution >= 0.6 is 0 Å². The summed E-state index contributed by atoms with van der Waals surface area (Å²) in [6.45, 7) is 4.84. The standard InChI is InChI=1S/C21H30FNO2/c1-20(2)15-18(9-12-25-20)23-19(24)21(10-4-3-5-11-21)14-16-7-6-8-17(22)13-16/h6-8,13,18H,3-5,9-12,14-15H2,1-2H3,(H,23,24). The van der Waals surface area contributed by atoms with E-state index in [-0.39, 0.29) is 23.4 Å². The number of amides is 1. The third-order valence-electron chi connectivity index (χ3n) is 5.76. The second-order valence-electron chi connectivity index (χ2n) is 8.42. The maximum Gasteiger partial charge on any atom is 0.226 e. The van der Waals surface area contributed by atoms with Gasteiger partial charge in [0.1, 0.15) is 5.82 Å². The molecule has 1 atom stereocenters. The Morgan fingerprint density at radius 3 is 2.72 bits per heavy atom. The third-order valence-corrected chi connectivity index (χ3v) is 5.76. The van der Waals surface area contributed by atoms with E-state index >= 15 is 0 Å². The highest BCUT2D eigenvalue weighted by molar-refractivity contribution is 5.83. The number of hydrogen-bond donors (Lipinski definition) is 1. The first-order valence-corrected chi connectivity index (χ1v) is 9.58. The number of halogens is 1. The Labute approximate surface area is 150 Å². The summed E-state index contributed by atoms with van der Waals surface area (Å²) in [5, 5.41) is 3.31. The van der Waals surface area contributed by atoms with Crippen LogP contribution in [0.15, 0.2) is 24.3 Å². The van der Waals surface area contributed by atoms with Gasteiger partial charge in [-0.25, -0.2) is 4.39 Å². The van der Waals surface area contributed by atoms with E-state index in [4.69, 9.17) is 4.74 Å². The Morgan fingerprint density at radius 2 is 2.04 bits per heavy atom. The van der Waals surface area contributed by atoms with Crippen LogP contribution in [0.2, 0.25) is 0 Å². The quantitative estimate of drug-likeness (QED) is 0.877. The average molecular weight is 347 g/mol. The molecule has 2 fully saturated rings. The summed E-state index contributed by atoms with van der Waals surface area (Å²) in [6, 6.07) is 6.87. The van der Waals surface area contributed by atoms with Gasteiger partial charge < -0.3 is 10.1 Å². The first-order chi connectivity index (χ1) is 11.9. The van der Waals surface area contributed by atoms with Crippen molar-refractivity contribution in [3.63, 3.8) is 0 Å². The predicted octanol–water partition coefficient (Wildman–Crippen LogP) is 4.39. The molecule has 3 nitrogen and oxygen atoms in total. The van der Waals surface area contributed by atoms with E-state index in [1.807, 2.05) is 6.07 Å². The maximum absolute atomic E-state index is 13.6. The predicted molar refractivity (Wildman–Crippen MR) is 96.8 cm³/mol. The minimum absolute atomic E-state index is 0.152. The van der Waals surface area contributed by atoms with E-state index in [1.165, 1.54) is 12.5 Å². The molecule has 2 aliphatic rings. The van der Waals surface area contributed by atoms with Gasteiger partial charge in [-0.1, -0.05) is 31.4 Å². The molecule has 25 heavy (non-hydrogen) atoms. The number of ether oxygens (including phenoxy) is 1. The summed E-state index contributed by atoms with van der Waals surface area (Å²) in [6.07, 6.45) is 7.44. The Hall–Kier alpha value is -1.42. The second-order valence-corrected chi connectivity index (χ2v) is 8.42. The Balaban J connectivity index is 1.74. The molecule has 1 aliphatic carbocycles. The minimum Gasteiger partial charge on any atom is -0.375 e. The van der Waals surface area contributed by atoms with Crippen LogP contribution in [0, 0.1) is 11.2 Å². The number of carbonyl (C=O) groups is 1. The zero-order chi connectivity index (χ0) is 17.9. The van der Waals surface area contributed by atoms with Gasteiger partial charge >= 0.3 is 0 Å². The number of carbonyl (C=O) groups excluding carboxylic acids is 1. The van der Waals surface area contributed by atoms with Gasteiger partial charge in [-0.15, -0.1) is 0 Å². The molecule has 1 aromatic carbocycles. The molecule has 3 rings (SSSR count). The first kappa shape index (κ1) is 18.4. The van der Waals surface area contributed by atoms with Crippen LogP contribution < -0.4 is 5.32 Å². The highest BCUT2D eigenvalue weighted by Crippen LogP contribution is 2.40. The van der Waals surface area contributed by atoms with Crippen LogP contribution in [0.3, 0.4) is 0 Å². The van der Waals surface area contributed by atoms with Crippen molar-refractivity contribution in [3.8, 4) is 0 Å². The monoisotopic (exact) mass is 347 g/mol. The fourth-order valence-electron chi connectivity index (χ4n) is 4.44. The van der Waals surface area contributed by atoms with Crippen molar-refractivity contribution < 1.29 is 13.9 Å². The van der Waals surface area contributed by atoms with Crippen LogP contribution in [0.1, 0.15) is 64.4 Å². The first-order valence-electron chi connectivity index (χ1n) is 9.58. The van der Waals surface area contributed by atoms with E-state index in [1.54, 1.807) is 12.1 Å². The lowest BCUT2D eigenvalue weighted by atomic mass is 9.69. The molecule has 1 amide bonds. The maximum atomic E-state index is 13.6. The molecule has 0 spiro atoms. The van der Waals surface area contributed by atoms with Crippen LogP contribution in [0.25, 0.3) is 0 Å². The Morgan fingerprint density at radius 1 is 1.28 bits per heavy atom. The summed E-state index contributed by atoms with van der Waals surface area (Å²) < 4.78 is 19.4. The highest BCUT2D eigenvalue weighted by atomic mass is 19.1. The molecule has 1 N–H and O–H groups in total. The van der Waals surface area contributed by atoms with E-state index in [2.05, 4.69) is 19.2 Å². The van der Waals surface area contributed by atoms with Crippen LogP contribution in [-0.2, 0) is 16.0 Å². The molecular weight excluding hydrogens is 317 g/mol. The molecule has 1 heterocycles. The smallest absolute Gasteiger partial charge is 0.226 e. The third kappa shape index (κ3) is 4.60. The molecule has 1 unspecified atom stereocenters. The average Bonchev–Trinajstić information content (AvgIpc) is 2.55. The summed E-state index contributed by atoms with van der Waals surface area (Å²) in [7, 11) is 0. The van der Waals surface area contributed by atoms with Gasteiger partial charge in [0.25, 0.3) is 0 Å². The summed E-state index contributed by atoms with van der Waals surface area (Å²) in [5.41, 5.74) is 0.344. The van der Waals surface area contributed by atoms with Gasteiger partial charge in [-0.3, -0.25) is 4.79 Å². The largest absolute Gasteiger partial charge is 0.375 e. The zero-order valence-electron chi connectivity index (χ0n) is 15.4. The zero-order valence-corrected chi connectivity index (χ0v) is 15.4. The van der Waals surface area contributed by atoms with E-state index in [0.29, 0.717) is 13.0 Å². The van der Waals surface area contributed by atoms with Crippen molar-refractivity contribution in [3.05, 3.63) is 35.6 Å². The van der Waals surface area contributed by atoms with Crippen molar-refractivity contribution in [1.29, 1.82) is 0 Å². The van der Waals surface area contributed by atoms with Crippen LogP contribution in [0.4, 0.5) is 4.39 Å². The SMILES string of the molecule is CC1(C)CC(NC(=O)C2(Cc3cccc(F)c3)CCCCC2)CCO1. The summed E-state index contributed by atoms with van der Waals surface area (Å²) in [4.78, 5) is 13.2. The number of benzene rings is 1. The lowest BCUT2D eigenvalue weighted by Gasteiger charge is -2.40. The molecular formula is C21H30FNO2. The number of nitrogens with one attached hydrogen (secondary N) is 1. The minimum atomic E-state index is -0.394. The second kappa shape index (κ2) is 7.45. The molecule has 0 aromatic heterocycles.